The second-order valence-electron chi connectivity index (χ2n) is 6.76. The summed E-state index contributed by atoms with van der Waals surface area (Å²) in [6.45, 7) is 2.40. The number of unbranched alkanes of at least 4 members (excludes halogenated alkanes) is 4. The highest BCUT2D eigenvalue weighted by Crippen LogP contribution is 2.35. The number of rotatable bonds is 9. The zero-order chi connectivity index (χ0) is 19.2. The van der Waals surface area contributed by atoms with E-state index < -0.39 is 29.9 Å². The third-order valence-corrected chi connectivity index (χ3v) is 4.63. The monoisotopic (exact) mass is 373 g/mol. The van der Waals surface area contributed by atoms with Crippen molar-refractivity contribution >= 4 is 5.97 Å². The number of hydrogen-bond acceptors (Lipinski definition) is 3. The minimum atomic E-state index is -4.43. The fourth-order valence-electron chi connectivity index (χ4n) is 3.20. The van der Waals surface area contributed by atoms with Gasteiger partial charge in [0, 0.05) is 13.0 Å². The molecule has 146 valence electrons. The molecule has 1 aliphatic heterocycles. The van der Waals surface area contributed by atoms with Gasteiger partial charge < -0.3 is 15.2 Å². The van der Waals surface area contributed by atoms with Crippen LogP contribution in [0.4, 0.5) is 13.2 Å². The van der Waals surface area contributed by atoms with Crippen molar-refractivity contribution in [2.24, 2.45) is 0 Å². The van der Waals surface area contributed by atoms with Gasteiger partial charge in [0.05, 0.1) is 5.56 Å². The summed E-state index contributed by atoms with van der Waals surface area (Å²) in [5, 5.41) is 11.7. The molecule has 1 heterocycles. The summed E-state index contributed by atoms with van der Waals surface area (Å²) >= 11 is 0. The topological polar surface area (TPSA) is 58.6 Å². The highest BCUT2D eigenvalue weighted by atomic mass is 19.4. The Kier molecular flexibility index (Phi) is 7.32. The van der Waals surface area contributed by atoms with Gasteiger partial charge in [0.2, 0.25) is 0 Å². The molecule has 1 saturated heterocycles. The van der Waals surface area contributed by atoms with Gasteiger partial charge >= 0.3 is 12.1 Å². The Hall–Kier alpha value is -1.76. The van der Waals surface area contributed by atoms with Crippen LogP contribution in [0.5, 0.6) is 5.75 Å². The van der Waals surface area contributed by atoms with Gasteiger partial charge in [-0.15, -0.1) is 0 Å². The van der Waals surface area contributed by atoms with Gasteiger partial charge in [0.25, 0.3) is 0 Å². The van der Waals surface area contributed by atoms with Crippen molar-refractivity contribution in [3.8, 4) is 5.75 Å². The average molecular weight is 373 g/mol. The molecule has 1 fully saturated rings. The third-order valence-electron chi connectivity index (χ3n) is 4.63. The van der Waals surface area contributed by atoms with Crippen molar-refractivity contribution in [3.63, 3.8) is 0 Å². The molecule has 0 aromatic heterocycles. The van der Waals surface area contributed by atoms with Crippen molar-refractivity contribution in [1.82, 2.24) is 5.32 Å². The molecule has 1 aromatic carbocycles. The number of alkyl halides is 3. The Bertz CT molecular complexity index is 604. The quantitative estimate of drug-likeness (QED) is 0.630. The predicted octanol–water partition coefficient (Wildman–Crippen LogP) is 4.41. The molecule has 0 spiro atoms. The highest BCUT2D eigenvalue weighted by molar-refractivity contribution is 5.73. The lowest BCUT2D eigenvalue weighted by molar-refractivity contribution is -0.139. The number of carboxylic acids is 1. The summed E-state index contributed by atoms with van der Waals surface area (Å²) < 4.78 is 45.8. The second-order valence-corrected chi connectivity index (χ2v) is 6.76. The number of nitrogens with one attached hydrogen (secondary N) is 1. The van der Waals surface area contributed by atoms with Crippen molar-refractivity contribution in [2.45, 2.75) is 70.2 Å². The van der Waals surface area contributed by atoms with Crippen LogP contribution < -0.4 is 10.1 Å². The summed E-state index contributed by atoms with van der Waals surface area (Å²) in [4.78, 5) is 10.9. The van der Waals surface area contributed by atoms with E-state index >= 15 is 0 Å². The number of aliphatic carboxylic acids is 1. The maximum absolute atomic E-state index is 13.4. The molecule has 0 radical (unpaired) electrons. The molecule has 4 nitrogen and oxygen atoms in total. The Balaban J connectivity index is 2.02. The van der Waals surface area contributed by atoms with E-state index in [4.69, 9.17) is 9.84 Å². The van der Waals surface area contributed by atoms with E-state index in [1.54, 1.807) is 6.07 Å². The van der Waals surface area contributed by atoms with Gasteiger partial charge in [-0.2, -0.15) is 13.2 Å². The first-order chi connectivity index (χ1) is 12.3. The minimum Gasteiger partial charge on any atom is -0.489 e. The zero-order valence-corrected chi connectivity index (χ0v) is 14.9. The number of aryl methyl sites for hydroxylation is 1. The van der Waals surface area contributed by atoms with Crippen LogP contribution in [0.15, 0.2) is 18.2 Å². The first kappa shape index (κ1) is 20.6. The van der Waals surface area contributed by atoms with Crippen LogP contribution in [0, 0.1) is 0 Å². The first-order valence-electron chi connectivity index (χ1n) is 9.14. The summed E-state index contributed by atoms with van der Waals surface area (Å²) in [5.41, 5.74) is -0.374. The van der Waals surface area contributed by atoms with Gasteiger partial charge in [-0.25, -0.2) is 0 Å². The van der Waals surface area contributed by atoms with Gasteiger partial charge in [-0.05, 0) is 30.5 Å². The van der Waals surface area contributed by atoms with Crippen molar-refractivity contribution < 1.29 is 27.8 Å². The van der Waals surface area contributed by atoms with Crippen molar-refractivity contribution in [3.05, 3.63) is 29.3 Å². The largest absolute Gasteiger partial charge is 0.489 e. The first-order valence-corrected chi connectivity index (χ1v) is 9.14. The summed E-state index contributed by atoms with van der Waals surface area (Å²) in [7, 11) is 0. The second kappa shape index (κ2) is 9.26. The smallest absolute Gasteiger partial charge is 0.416 e. The molecule has 1 unspecified atom stereocenters. The molecule has 0 amide bonds. The Morgan fingerprint density at radius 1 is 1.27 bits per heavy atom. The van der Waals surface area contributed by atoms with E-state index in [1.165, 1.54) is 6.07 Å². The molecular weight excluding hydrogens is 347 g/mol. The van der Waals surface area contributed by atoms with Gasteiger partial charge in [-0.3, -0.25) is 4.79 Å². The Morgan fingerprint density at radius 3 is 2.62 bits per heavy atom. The third kappa shape index (κ3) is 5.90. The number of carboxylic acid groups (broad SMARTS) is 1. The molecule has 0 bridgehead atoms. The fraction of sp³-hybridized carbons (Fsp3) is 0.632. The molecule has 26 heavy (non-hydrogen) atoms. The fourth-order valence-corrected chi connectivity index (χ4v) is 3.20. The van der Waals surface area contributed by atoms with Gasteiger partial charge in [0.1, 0.15) is 17.9 Å². The van der Waals surface area contributed by atoms with E-state index in [1.807, 2.05) is 0 Å². The number of carbonyl (C=O) groups is 1. The van der Waals surface area contributed by atoms with Crippen LogP contribution in [-0.2, 0) is 17.4 Å². The van der Waals surface area contributed by atoms with Crippen LogP contribution >= 0.6 is 0 Å². The molecule has 1 aromatic rings. The van der Waals surface area contributed by atoms with Crippen LogP contribution in [0.25, 0.3) is 0 Å². The highest BCUT2D eigenvalue weighted by Gasteiger charge is 2.35. The normalized spacial score (nSPS) is 20.3. The Morgan fingerprint density at radius 2 is 2.00 bits per heavy atom. The molecule has 7 heteroatoms. The summed E-state index contributed by atoms with van der Waals surface area (Å²) in [6, 6.07) is 3.35. The molecule has 1 aliphatic rings. The molecule has 0 saturated carbocycles. The predicted molar refractivity (Wildman–Crippen MR) is 92.4 cm³/mol. The standard InChI is InChI=1S/C19H26F3NO3/c1-2-3-4-5-6-7-13-8-9-14(10-16(13)19(20,21)22)26-15-11-17(18(24)25)23-12-15/h8-10,15,17,23H,2-7,11-12H2,1H3,(H,24,25)/t15?,17-/m0/s1. The average Bonchev–Trinajstić information content (AvgIpc) is 3.03. The van der Waals surface area contributed by atoms with Crippen LogP contribution in [0.1, 0.15) is 56.6 Å². The van der Waals surface area contributed by atoms with Crippen molar-refractivity contribution in [1.29, 1.82) is 0 Å². The maximum Gasteiger partial charge on any atom is 0.416 e. The zero-order valence-electron chi connectivity index (χ0n) is 14.9. The van der Waals surface area contributed by atoms with Gasteiger partial charge in [-0.1, -0.05) is 38.7 Å². The van der Waals surface area contributed by atoms with Gasteiger partial charge in [0.15, 0.2) is 0 Å². The molecular formula is C19H26F3NO3. The SMILES string of the molecule is CCCCCCCc1ccc(OC2CN[C@H](C(=O)O)C2)cc1C(F)(F)F. The molecule has 2 rings (SSSR count). The lowest BCUT2D eigenvalue weighted by atomic mass is 10.00. The summed E-state index contributed by atoms with van der Waals surface area (Å²) in [5.74, 6) is -0.851. The maximum atomic E-state index is 13.4. The molecule has 0 aliphatic carbocycles. The van der Waals surface area contributed by atoms with Crippen LogP contribution in [0.2, 0.25) is 0 Å². The Labute approximate surface area is 151 Å². The van der Waals surface area contributed by atoms with E-state index in [0.717, 1.165) is 38.2 Å². The lowest BCUT2D eigenvalue weighted by Gasteiger charge is -2.17. The number of ether oxygens (including phenoxy) is 1. The molecule has 2 N–H and O–H groups in total. The van der Waals surface area contributed by atoms with Crippen molar-refractivity contribution in [2.75, 3.05) is 6.54 Å². The number of halogens is 3. The van der Waals surface area contributed by atoms with E-state index in [2.05, 4.69) is 12.2 Å². The number of hydrogen-bond donors (Lipinski definition) is 2. The van der Waals surface area contributed by atoms with Crippen LogP contribution in [-0.4, -0.2) is 29.8 Å². The van der Waals surface area contributed by atoms with E-state index in [0.29, 0.717) is 13.0 Å². The summed E-state index contributed by atoms with van der Waals surface area (Å²) in [6.07, 6.45) is 0.639. The van der Waals surface area contributed by atoms with E-state index in [9.17, 15) is 18.0 Å². The lowest BCUT2D eigenvalue weighted by Crippen LogP contribution is -2.30. The van der Waals surface area contributed by atoms with Crippen LogP contribution in [0.3, 0.4) is 0 Å². The molecule has 2 atom stereocenters. The van der Waals surface area contributed by atoms with E-state index in [-0.39, 0.29) is 17.7 Å². The minimum absolute atomic E-state index is 0.130. The number of benzene rings is 1.